The van der Waals surface area contributed by atoms with E-state index in [1.165, 1.54) is 9.15 Å². The van der Waals surface area contributed by atoms with Crippen LogP contribution < -0.4 is 0 Å². The number of hydrogen-bond acceptors (Lipinski definition) is 0. The van der Waals surface area contributed by atoms with E-state index in [1.807, 2.05) is 6.08 Å². The summed E-state index contributed by atoms with van der Waals surface area (Å²) in [5.74, 6) is 0. The van der Waals surface area contributed by atoms with E-state index in [4.69, 9.17) is 0 Å². The minimum atomic E-state index is 1.04. The fraction of sp³-hybridized carbons (Fsp3) is 0.0909. The van der Waals surface area contributed by atoms with Gasteiger partial charge in [-0.05, 0) is 46.7 Å². The van der Waals surface area contributed by atoms with E-state index < -0.39 is 0 Å². The quantitative estimate of drug-likeness (QED) is 0.526. The molecule has 0 bridgehead atoms. The first kappa shape index (κ1) is 9.52. The molecule has 0 heterocycles. The molecule has 0 radical (unpaired) electrons. The predicted molar refractivity (Wildman–Crippen MR) is 63.3 cm³/mol. The van der Waals surface area contributed by atoms with Gasteiger partial charge in [0, 0.05) is 3.58 Å². The summed E-state index contributed by atoms with van der Waals surface area (Å²) in [6.45, 7) is 3.65. The standard InChI is InChI=1S/C11H11I/c1-2-6-11(12)9-10-7-4-3-5-8-10/h2-7,9H,1,8H2/b10-9-,11-6+. The Balaban J connectivity index is 2.69. The number of rotatable bonds is 2. The molecule has 0 N–H and O–H groups in total. The van der Waals surface area contributed by atoms with Crippen LogP contribution in [-0.4, -0.2) is 0 Å². The Morgan fingerprint density at radius 1 is 1.50 bits per heavy atom. The molecule has 1 heteroatoms. The largest absolute Gasteiger partial charge is 0.0990 e. The number of hydrogen-bond donors (Lipinski definition) is 0. The summed E-state index contributed by atoms with van der Waals surface area (Å²) in [5.41, 5.74) is 1.35. The van der Waals surface area contributed by atoms with Crippen molar-refractivity contribution in [2.45, 2.75) is 6.42 Å². The molecule has 0 saturated heterocycles. The van der Waals surface area contributed by atoms with Gasteiger partial charge in [0.25, 0.3) is 0 Å². The third-order valence-corrected chi connectivity index (χ3v) is 2.18. The molecule has 0 unspecified atom stereocenters. The average Bonchev–Trinajstić information content (AvgIpc) is 2.06. The molecule has 62 valence electrons. The lowest BCUT2D eigenvalue weighted by atomic mass is 10.1. The zero-order chi connectivity index (χ0) is 8.81. The zero-order valence-electron chi connectivity index (χ0n) is 6.83. The molecule has 0 aromatic rings. The van der Waals surface area contributed by atoms with Crippen molar-refractivity contribution < 1.29 is 0 Å². The molecular formula is C11H11I. The van der Waals surface area contributed by atoms with E-state index in [9.17, 15) is 0 Å². The molecule has 1 aliphatic carbocycles. The number of allylic oxidation sites excluding steroid dienone is 9. The Kier molecular flexibility index (Phi) is 4.08. The summed E-state index contributed by atoms with van der Waals surface area (Å²) in [6.07, 6.45) is 15.4. The van der Waals surface area contributed by atoms with E-state index in [-0.39, 0.29) is 0 Å². The van der Waals surface area contributed by atoms with Crippen molar-refractivity contribution in [3.8, 4) is 0 Å². The van der Waals surface area contributed by atoms with Gasteiger partial charge in [-0.2, -0.15) is 0 Å². The highest BCUT2D eigenvalue weighted by molar-refractivity contribution is 14.1. The summed E-state index contributed by atoms with van der Waals surface area (Å²) in [6, 6.07) is 0. The van der Waals surface area contributed by atoms with Crippen molar-refractivity contribution >= 4 is 22.6 Å². The van der Waals surface area contributed by atoms with Crippen LogP contribution in [0.15, 0.2) is 58.3 Å². The van der Waals surface area contributed by atoms with E-state index in [0.29, 0.717) is 0 Å². The maximum absolute atomic E-state index is 3.65. The van der Waals surface area contributed by atoms with Crippen molar-refractivity contribution in [3.05, 3.63) is 58.3 Å². The topological polar surface area (TPSA) is 0 Å². The third-order valence-electron chi connectivity index (χ3n) is 1.51. The molecule has 0 amide bonds. The highest BCUT2D eigenvalue weighted by Gasteiger charge is 1.93. The van der Waals surface area contributed by atoms with Gasteiger partial charge in [-0.25, -0.2) is 0 Å². The van der Waals surface area contributed by atoms with Gasteiger partial charge in [0.15, 0.2) is 0 Å². The van der Waals surface area contributed by atoms with E-state index >= 15 is 0 Å². The third kappa shape index (κ3) is 3.22. The van der Waals surface area contributed by atoms with Crippen LogP contribution in [0.2, 0.25) is 0 Å². The second kappa shape index (κ2) is 5.14. The Bertz CT molecular complexity index is 277. The molecule has 0 atom stereocenters. The first-order valence-corrected chi connectivity index (χ1v) is 4.93. The summed E-state index contributed by atoms with van der Waals surface area (Å²) in [7, 11) is 0. The van der Waals surface area contributed by atoms with Gasteiger partial charge in [-0.1, -0.05) is 37.0 Å². The first-order chi connectivity index (χ1) is 5.83. The van der Waals surface area contributed by atoms with Crippen LogP contribution in [0.25, 0.3) is 0 Å². The minimum Gasteiger partial charge on any atom is -0.0990 e. The van der Waals surface area contributed by atoms with Crippen LogP contribution in [0.3, 0.4) is 0 Å². The second-order valence-corrected chi connectivity index (χ2v) is 3.74. The Morgan fingerprint density at radius 3 is 2.92 bits per heavy atom. The fourth-order valence-corrected chi connectivity index (χ4v) is 1.63. The van der Waals surface area contributed by atoms with Crippen LogP contribution in [0.1, 0.15) is 6.42 Å². The van der Waals surface area contributed by atoms with Gasteiger partial charge in [-0.15, -0.1) is 0 Å². The van der Waals surface area contributed by atoms with Gasteiger partial charge < -0.3 is 0 Å². The Morgan fingerprint density at radius 2 is 2.33 bits per heavy atom. The van der Waals surface area contributed by atoms with Gasteiger partial charge in [0.05, 0.1) is 0 Å². The molecule has 1 aliphatic rings. The lowest BCUT2D eigenvalue weighted by Gasteiger charge is -2.00. The normalized spacial score (nSPS) is 20.1. The summed E-state index contributed by atoms with van der Waals surface area (Å²) >= 11 is 2.30. The van der Waals surface area contributed by atoms with Crippen LogP contribution in [0.5, 0.6) is 0 Å². The van der Waals surface area contributed by atoms with Crippen LogP contribution in [0, 0.1) is 0 Å². The van der Waals surface area contributed by atoms with Crippen molar-refractivity contribution in [1.29, 1.82) is 0 Å². The maximum atomic E-state index is 3.65. The van der Waals surface area contributed by atoms with Crippen molar-refractivity contribution in [1.82, 2.24) is 0 Å². The second-order valence-electron chi connectivity index (χ2n) is 2.50. The zero-order valence-corrected chi connectivity index (χ0v) is 8.99. The van der Waals surface area contributed by atoms with E-state index in [0.717, 1.165) is 6.42 Å². The van der Waals surface area contributed by atoms with E-state index in [1.54, 1.807) is 6.08 Å². The highest BCUT2D eigenvalue weighted by atomic mass is 127. The van der Waals surface area contributed by atoms with Gasteiger partial charge in [0.1, 0.15) is 0 Å². The summed E-state index contributed by atoms with van der Waals surface area (Å²) in [4.78, 5) is 0. The maximum Gasteiger partial charge on any atom is 0.0132 e. The SMILES string of the molecule is C=C/C=C(I)\C=C1\C=CC=CC1. The van der Waals surface area contributed by atoms with Crippen LogP contribution in [-0.2, 0) is 0 Å². The van der Waals surface area contributed by atoms with Crippen molar-refractivity contribution in [2.24, 2.45) is 0 Å². The molecule has 1 rings (SSSR count). The van der Waals surface area contributed by atoms with Crippen molar-refractivity contribution in [2.75, 3.05) is 0 Å². The van der Waals surface area contributed by atoms with E-state index in [2.05, 4.69) is 59.5 Å². The predicted octanol–water partition coefficient (Wildman–Crippen LogP) is 3.93. The fourth-order valence-electron chi connectivity index (χ4n) is 0.975. The highest BCUT2D eigenvalue weighted by Crippen LogP contribution is 2.16. The molecule has 12 heavy (non-hydrogen) atoms. The minimum absolute atomic E-state index is 1.04. The van der Waals surface area contributed by atoms with Crippen molar-refractivity contribution in [3.63, 3.8) is 0 Å². The van der Waals surface area contributed by atoms with Crippen LogP contribution >= 0.6 is 22.6 Å². The molecular weight excluding hydrogens is 259 g/mol. The molecule has 0 fully saturated rings. The lowest BCUT2D eigenvalue weighted by Crippen LogP contribution is -1.79. The van der Waals surface area contributed by atoms with Gasteiger partial charge in [-0.3, -0.25) is 0 Å². The summed E-state index contributed by atoms with van der Waals surface area (Å²) in [5, 5.41) is 0. The van der Waals surface area contributed by atoms with Crippen LogP contribution in [0.4, 0.5) is 0 Å². The molecule has 0 saturated carbocycles. The molecule has 0 spiro atoms. The smallest absolute Gasteiger partial charge is 0.0132 e. The Hall–Kier alpha value is -0.570. The Labute approximate surface area is 87.2 Å². The number of halogens is 1. The summed E-state index contributed by atoms with van der Waals surface area (Å²) < 4.78 is 1.22. The molecule has 0 aromatic heterocycles. The first-order valence-electron chi connectivity index (χ1n) is 3.85. The monoisotopic (exact) mass is 270 g/mol. The molecule has 0 aliphatic heterocycles. The van der Waals surface area contributed by atoms with Gasteiger partial charge >= 0.3 is 0 Å². The van der Waals surface area contributed by atoms with Gasteiger partial charge in [0.2, 0.25) is 0 Å². The lowest BCUT2D eigenvalue weighted by molar-refractivity contribution is 1.26. The molecule has 0 nitrogen and oxygen atoms in total. The molecule has 0 aromatic carbocycles. The average molecular weight is 270 g/mol.